The van der Waals surface area contributed by atoms with Crippen LogP contribution in [0.5, 0.6) is 0 Å². The van der Waals surface area contributed by atoms with Crippen molar-refractivity contribution in [3.8, 4) is 0 Å². The summed E-state index contributed by atoms with van der Waals surface area (Å²) in [5.41, 5.74) is 7.07. The first kappa shape index (κ1) is 12.6. The highest BCUT2D eigenvalue weighted by Gasteiger charge is 2.25. The Bertz CT molecular complexity index is 620. The van der Waals surface area contributed by atoms with E-state index >= 15 is 0 Å². The molecule has 4 heteroatoms. The summed E-state index contributed by atoms with van der Waals surface area (Å²) in [5, 5.41) is 1.19. The molecule has 1 fully saturated rings. The lowest BCUT2D eigenvalue weighted by Gasteiger charge is -2.30. The molecule has 1 saturated heterocycles. The fourth-order valence-electron chi connectivity index (χ4n) is 2.72. The maximum atomic E-state index is 12.6. The largest absolute Gasteiger partial charge is 0.336 e. The molecular weight excluding hydrogens is 256 g/mol. The second-order valence-electron chi connectivity index (χ2n) is 5.21. The van der Waals surface area contributed by atoms with Crippen LogP contribution in [0.15, 0.2) is 24.3 Å². The average Bonchev–Trinajstić information content (AvgIpc) is 2.76. The van der Waals surface area contributed by atoms with Gasteiger partial charge in [-0.15, -0.1) is 11.3 Å². The van der Waals surface area contributed by atoms with Gasteiger partial charge in [0.1, 0.15) is 0 Å². The molecule has 0 spiro atoms. The highest BCUT2D eigenvalue weighted by atomic mass is 32.1. The number of nitrogens with two attached hydrogens (primary N) is 1. The van der Waals surface area contributed by atoms with Gasteiger partial charge in [-0.25, -0.2) is 0 Å². The number of rotatable bonds is 1. The number of piperidine rings is 1. The molecule has 1 aliphatic heterocycles. The van der Waals surface area contributed by atoms with Crippen molar-refractivity contribution in [1.82, 2.24) is 4.90 Å². The molecule has 0 aliphatic carbocycles. The van der Waals surface area contributed by atoms with Crippen molar-refractivity contribution in [1.29, 1.82) is 0 Å². The molecule has 1 aromatic carbocycles. The summed E-state index contributed by atoms with van der Waals surface area (Å²) >= 11 is 1.59. The molecule has 1 atom stereocenters. The van der Waals surface area contributed by atoms with Crippen molar-refractivity contribution >= 4 is 27.3 Å². The molecule has 100 valence electrons. The smallest absolute Gasteiger partial charge is 0.264 e. The minimum Gasteiger partial charge on any atom is -0.336 e. The summed E-state index contributed by atoms with van der Waals surface area (Å²) in [6.45, 7) is 3.56. The molecule has 1 amide bonds. The first-order valence-corrected chi connectivity index (χ1v) is 7.51. The van der Waals surface area contributed by atoms with Crippen LogP contribution in [0.4, 0.5) is 0 Å². The number of likely N-dealkylation sites (tertiary alicyclic amines) is 1. The maximum Gasteiger partial charge on any atom is 0.264 e. The van der Waals surface area contributed by atoms with Gasteiger partial charge in [-0.3, -0.25) is 4.79 Å². The Hall–Kier alpha value is -1.39. The van der Waals surface area contributed by atoms with Crippen LogP contribution in [-0.4, -0.2) is 29.9 Å². The van der Waals surface area contributed by atoms with E-state index in [1.807, 2.05) is 24.0 Å². The number of hydrogen-bond acceptors (Lipinski definition) is 3. The molecule has 0 bridgehead atoms. The molecule has 0 radical (unpaired) electrons. The molecule has 3 nitrogen and oxygen atoms in total. The highest BCUT2D eigenvalue weighted by Crippen LogP contribution is 2.31. The van der Waals surface area contributed by atoms with E-state index in [0.29, 0.717) is 6.54 Å². The quantitative estimate of drug-likeness (QED) is 0.869. The third-order valence-corrected chi connectivity index (χ3v) is 5.04. The lowest BCUT2D eigenvalue weighted by Crippen LogP contribution is -2.45. The number of amides is 1. The monoisotopic (exact) mass is 274 g/mol. The fourth-order valence-corrected chi connectivity index (χ4v) is 3.89. The summed E-state index contributed by atoms with van der Waals surface area (Å²) in [5.74, 6) is 0.147. The van der Waals surface area contributed by atoms with Crippen molar-refractivity contribution in [2.24, 2.45) is 5.73 Å². The summed E-state index contributed by atoms with van der Waals surface area (Å²) in [6, 6.07) is 8.33. The standard InChI is InChI=1S/C15H18N2OS/c1-10-12-6-2-3-7-13(12)19-14(10)15(18)17-8-4-5-11(16)9-17/h2-3,6-7,11H,4-5,8-9,16H2,1H3/t11-/m0/s1. The van der Waals surface area contributed by atoms with E-state index in [-0.39, 0.29) is 11.9 Å². The second kappa shape index (κ2) is 4.94. The van der Waals surface area contributed by atoms with Gasteiger partial charge in [-0.05, 0) is 36.8 Å². The second-order valence-corrected chi connectivity index (χ2v) is 6.26. The van der Waals surface area contributed by atoms with E-state index in [1.54, 1.807) is 11.3 Å². The van der Waals surface area contributed by atoms with Crippen LogP contribution >= 0.6 is 11.3 Å². The van der Waals surface area contributed by atoms with Gasteiger partial charge < -0.3 is 10.6 Å². The van der Waals surface area contributed by atoms with Crippen LogP contribution in [0.1, 0.15) is 28.1 Å². The third-order valence-electron chi connectivity index (χ3n) is 3.78. The van der Waals surface area contributed by atoms with Gasteiger partial charge in [0.2, 0.25) is 0 Å². The van der Waals surface area contributed by atoms with Crippen LogP contribution in [0.25, 0.3) is 10.1 Å². The predicted molar refractivity (Wildman–Crippen MR) is 79.7 cm³/mol. The number of carbonyl (C=O) groups is 1. The number of nitrogens with zero attached hydrogens (tertiary/aromatic N) is 1. The molecule has 0 saturated carbocycles. The number of thiophene rings is 1. The zero-order chi connectivity index (χ0) is 13.4. The van der Waals surface area contributed by atoms with E-state index in [9.17, 15) is 4.79 Å². The number of fused-ring (bicyclic) bond motifs is 1. The van der Waals surface area contributed by atoms with Gasteiger partial charge >= 0.3 is 0 Å². The SMILES string of the molecule is Cc1c(C(=O)N2CCC[C@H](N)C2)sc2ccccc12. The van der Waals surface area contributed by atoms with Gasteiger partial charge in [-0.1, -0.05) is 18.2 Å². The molecule has 2 N–H and O–H groups in total. The Balaban J connectivity index is 1.95. The summed E-state index contributed by atoms with van der Waals surface area (Å²) in [7, 11) is 0. The first-order chi connectivity index (χ1) is 9.16. The third kappa shape index (κ3) is 2.26. The Morgan fingerprint density at radius 1 is 1.42 bits per heavy atom. The molecule has 1 aliphatic rings. The topological polar surface area (TPSA) is 46.3 Å². The number of hydrogen-bond donors (Lipinski definition) is 1. The van der Waals surface area contributed by atoms with Crippen molar-refractivity contribution < 1.29 is 4.79 Å². The summed E-state index contributed by atoms with van der Waals surface area (Å²) in [6.07, 6.45) is 2.03. The molecule has 2 aromatic rings. The fraction of sp³-hybridized carbons (Fsp3) is 0.400. The van der Waals surface area contributed by atoms with Crippen molar-refractivity contribution in [3.05, 3.63) is 34.7 Å². The van der Waals surface area contributed by atoms with E-state index in [1.165, 1.54) is 10.1 Å². The van der Waals surface area contributed by atoms with E-state index in [4.69, 9.17) is 5.73 Å². The molecule has 19 heavy (non-hydrogen) atoms. The van der Waals surface area contributed by atoms with Crippen LogP contribution in [-0.2, 0) is 0 Å². The molecular formula is C15H18N2OS. The summed E-state index contributed by atoms with van der Waals surface area (Å²) in [4.78, 5) is 15.4. The van der Waals surface area contributed by atoms with Crippen molar-refractivity contribution in [2.75, 3.05) is 13.1 Å². The zero-order valence-corrected chi connectivity index (χ0v) is 11.9. The van der Waals surface area contributed by atoms with Crippen LogP contribution in [0.3, 0.4) is 0 Å². The minimum absolute atomic E-state index is 0.132. The van der Waals surface area contributed by atoms with Gasteiger partial charge in [0, 0.05) is 23.8 Å². The Morgan fingerprint density at radius 2 is 2.21 bits per heavy atom. The van der Waals surface area contributed by atoms with Gasteiger partial charge in [0.05, 0.1) is 4.88 Å². The van der Waals surface area contributed by atoms with Gasteiger partial charge in [0.15, 0.2) is 0 Å². The molecule has 0 unspecified atom stereocenters. The maximum absolute atomic E-state index is 12.6. The van der Waals surface area contributed by atoms with Gasteiger partial charge in [-0.2, -0.15) is 0 Å². The van der Waals surface area contributed by atoms with Crippen LogP contribution in [0, 0.1) is 6.92 Å². The highest BCUT2D eigenvalue weighted by molar-refractivity contribution is 7.21. The van der Waals surface area contributed by atoms with E-state index < -0.39 is 0 Å². The Kier molecular flexibility index (Phi) is 3.29. The van der Waals surface area contributed by atoms with Crippen LogP contribution in [0.2, 0.25) is 0 Å². The Labute approximate surface area is 117 Å². The normalized spacial score (nSPS) is 19.9. The van der Waals surface area contributed by atoms with Crippen molar-refractivity contribution in [2.45, 2.75) is 25.8 Å². The van der Waals surface area contributed by atoms with Gasteiger partial charge in [0.25, 0.3) is 5.91 Å². The first-order valence-electron chi connectivity index (χ1n) is 6.70. The molecule has 2 heterocycles. The molecule has 3 rings (SSSR count). The lowest BCUT2D eigenvalue weighted by molar-refractivity contribution is 0.0713. The Morgan fingerprint density at radius 3 is 2.95 bits per heavy atom. The average molecular weight is 274 g/mol. The van der Waals surface area contributed by atoms with Crippen LogP contribution < -0.4 is 5.73 Å². The lowest BCUT2D eigenvalue weighted by atomic mass is 10.1. The van der Waals surface area contributed by atoms with E-state index in [2.05, 4.69) is 12.1 Å². The summed E-state index contributed by atoms with van der Waals surface area (Å²) < 4.78 is 1.18. The number of aryl methyl sites for hydroxylation is 1. The minimum atomic E-state index is 0.132. The zero-order valence-electron chi connectivity index (χ0n) is 11.1. The number of benzene rings is 1. The predicted octanol–water partition coefficient (Wildman–Crippen LogP) is 2.77. The van der Waals surface area contributed by atoms with E-state index in [0.717, 1.165) is 29.8 Å². The molecule has 1 aromatic heterocycles. The number of carbonyl (C=O) groups excluding carboxylic acids is 1. The van der Waals surface area contributed by atoms with Crippen molar-refractivity contribution in [3.63, 3.8) is 0 Å².